The number of carbonyl (C=O) groups excluding carboxylic acids is 1. The van der Waals surface area contributed by atoms with Crippen LogP contribution in [0.1, 0.15) is 35.2 Å². The van der Waals surface area contributed by atoms with Crippen molar-refractivity contribution in [1.82, 2.24) is 19.8 Å². The SMILES string of the molecule is COc1ncc(C(=O)N2CCC3(CCCN(Cc4cccc(OC)c4OC)C3)C2)cn1. The van der Waals surface area contributed by atoms with Crippen molar-refractivity contribution in [3.63, 3.8) is 0 Å². The molecule has 166 valence electrons. The molecule has 4 rings (SSSR count). The summed E-state index contributed by atoms with van der Waals surface area (Å²) >= 11 is 0. The Bertz CT molecular complexity index is 920. The molecule has 2 fully saturated rings. The number of likely N-dealkylation sites (tertiary alicyclic amines) is 2. The summed E-state index contributed by atoms with van der Waals surface area (Å²) in [5.74, 6) is 1.55. The van der Waals surface area contributed by atoms with Crippen LogP contribution in [0.15, 0.2) is 30.6 Å². The van der Waals surface area contributed by atoms with E-state index >= 15 is 0 Å². The first-order chi connectivity index (χ1) is 15.1. The van der Waals surface area contributed by atoms with Gasteiger partial charge >= 0.3 is 6.01 Å². The summed E-state index contributed by atoms with van der Waals surface area (Å²) in [7, 11) is 4.86. The summed E-state index contributed by atoms with van der Waals surface area (Å²) < 4.78 is 16.1. The lowest BCUT2D eigenvalue weighted by atomic mass is 9.79. The summed E-state index contributed by atoms with van der Waals surface area (Å²) in [5, 5.41) is 0. The van der Waals surface area contributed by atoms with Crippen molar-refractivity contribution in [2.24, 2.45) is 5.41 Å². The topological polar surface area (TPSA) is 77.0 Å². The molecule has 1 aromatic carbocycles. The van der Waals surface area contributed by atoms with Crippen LogP contribution in [0.25, 0.3) is 0 Å². The molecule has 2 aliphatic heterocycles. The Hall–Kier alpha value is -2.87. The van der Waals surface area contributed by atoms with Crippen LogP contribution in [0.2, 0.25) is 0 Å². The minimum atomic E-state index is -0.00823. The molecule has 1 amide bonds. The quantitative estimate of drug-likeness (QED) is 0.703. The lowest BCUT2D eigenvalue weighted by Crippen LogP contribution is -2.45. The van der Waals surface area contributed by atoms with Crippen LogP contribution in [0.4, 0.5) is 0 Å². The van der Waals surface area contributed by atoms with Crippen molar-refractivity contribution < 1.29 is 19.0 Å². The second kappa shape index (κ2) is 9.09. The van der Waals surface area contributed by atoms with E-state index in [0.29, 0.717) is 5.56 Å². The van der Waals surface area contributed by atoms with E-state index in [1.54, 1.807) is 26.6 Å². The van der Waals surface area contributed by atoms with Crippen molar-refractivity contribution in [2.45, 2.75) is 25.8 Å². The van der Waals surface area contributed by atoms with Crippen molar-refractivity contribution >= 4 is 5.91 Å². The first-order valence-corrected chi connectivity index (χ1v) is 10.6. The average molecular weight is 427 g/mol. The highest BCUT2D eigenvalue weighted by molar-refractivity contribution is 5.93. The minimum Gasteiger partial charge on any atom is -0.493 e. The van der Waals surface area contributed by atoms with Gasteiger partial charge in [0.15, 0.2) is 11.5 Å². The van der Waals surface area contributed by atoms with Gasteiger partial charge in [0.25, 0.3) is 5.91 Å². The van der Waals surface area contributed by atoms with Gasteiger partial charge in [-0.1, -0.05) is 12.1 Å². The lowest BCUT2D eigenvalue weighted by molar-refractivity contribution is 0.0673. The molecule has 2 saturated heterocycles. The first kappa shape index (κ1) is 21.4. The molecular formula is C23H30N4O4. The van der Waals surface area contributed by atoms with Gasteiger partial charge in [-0.05, 0) is 31.9 Å². The summed E-state index contributed by atoms with van der Waals surface area (Å²) in [5.41, 5.74) is 1.76. The van der Waals surface area contributed by atoms with E-state index in [2.05, 4.69) is 20.9 Å². The molecule has 0 aliphatic carbocycles. The predicted octanol–water partition coefficient (Wildman–Crippen LogP) is 2.63. The molecule has 1 spiro atoms. The molecule has 1 unspecified atom stereocenters. The fourth-order valence-corrected chi connectivity index (χ4v) is 4.92. The van der Waals surface area contributed by atoms with Gasteiger partial charge in [-0.15, -0.1) is 0 Å². The van der Waals surface area contributed by atoms with Gasteiger partial charge < -0.3 is 19.1 Å². The number of piperidine rings is 1. The van der Waals surface area contributed by atoms with Crippen molar-refractivity contribution in [1.29, 1.82) is 0 Å². The molecule has 2 aliphatic rings. The molecule has 2 aromatic rings. The monoisotopic (exact) mass is 426 g/mol. The number of aromatic nitrogens is 2. The summed E-state index contributed by atoms with van der Waals surface area (Å²) in [6, 6.07) is 6.29. The molecule has 8 heteroatoms. The van der Waals surface area contributed by atoms with Crippen LogP contribution < -0.4 is 14.2 Å². The molecule has 0 saturated carbocycles. The second-order valence-electron chi connectivity index (χ2n) is 8.40. The Balaban J connectivity index is 1.43. The van der Waals surface area contributed by atoms with Crippen LogP contribution in [0, 0.1) is 5.41 Å². The maximum absolute atomic E-state index is 13.0. The highest BCUT2D eigenvalue weighted by atomic mass is 16.5. The number of methoxy groups -OCH3 is 3. The van der Waals surface area contributed by atoms with Crippen LogP contribution in [0.5, 0.6) is 17.5 Å². The smallest absolute Gasteiger partial charge is 0.316 e. The molecule has 0 bridgehead atoms. The van der Waals surface area contributed by atoms with E-state index in [9.17, 15) is 4.79 Å². The zero-order valence-electron chi connectivity index (χ0n) is 18.5. The number of ether oxygens (including phenoxy) is 3. The van der Waals surface area contributed by atoms with Gasteiger partial charge in [0.05, 0.1) is 26.9 Å². The van der Waals surface area contributed by atoms with Gasteiger partial charge in [-0.25, -0.2) is 9.97 Å². The van der Waals surface area contributed by atoms with E-state index in [1.165, 1.54) is 7.11 Å². The summed E-state index contributed by atoms with van der Waals surface area (Å²) in [6.45, 7) is 4.35. The average Bonchev–Trinajstić information content (AvgIpc) is 3.21. The number of carbonyl (C=O) groups is 1. The fraction of sp³-hybridized carbons (Fsp3) is 0.522. The number of rotatable bonds is 6. The first-order valence-electron chi connectivity index (χ1n) is 10.6. The largest absolute Gasteiger partial charge is 0.493 e. The van der Waals surface area contributed by atoms with E-state index in [0.717, 1.165) is 69.0 Å². The predicted molar refractivity (Wildman–Crippen MR) is 116 cm³/mol. The molecule has 1 atom stereocenters. The van der Waals surface area contributed by atoms with Gasteiger partial charge in [-0.2, -0.15) is 0 Å². The Kier molecular flexibility index (Phi) is 6.27. The molecule has 3 heterocycles. The number of nitrogens with zero attached hydrogens (tertiary/aromatic N) is 4. The number of hydrogen-bond donors (Lipinski definition) is 0. The standard InChI is InChI=1S/C23H30N4O4/c1-29-19-7-4-6-17(20(19)30-2)14-26-10-5-8-23(15-26)9-11-27(16-23)21(28)18-12-24-22(31-3)25-13-18/h4,6-7,12-13H,5,8-11,14-16H2,1-3H3. The molecule has 31 heavy (non-hydrogen) atoms. The van der Waals surface area contributed by atoms with E-state index in [-0.39, 0.29) is 17.3 Å². The molecule has 0 radical (unpaired) electrons. The third-order valence-corrected chi connectivity index (χ3v) is 6.40. The zero-order chi connectivity index (χ0) is 21.8. The second-order valence-corrected chi connectivity index (χ2v) is 8.40. The van der Waals surface area contributed by atoms with Crippen molar-refractivity contribution in [3.8, 4) is 17.5 Å². The number of hydrogen-bond acceptors (Lipinski definition) is 7. The molecule has 8 nitrogen and oxygen atoms in total. The maximum atomic E-state index is 13.0. The van der Waals surface area contributed by atoms with E-state index in [1.807, 2.05) is 17.0 Å². The summed E-state index contributed by atoms with van der Waals surface area (Å²) in [4.78, 5) is 25.5. The Morgan fingerprint density at radius 2 is 1.84 bits per heavy atom. The normalized spacial score (nSPS) is 21.3. The highest BCUT2D eigenvalue weighted by Gasteiger charge is 2.43. The maximum Gasteiger partial charge on any atom is 0.316 e. The van der Waals surface area contributed by atoms with Crippen LogP contribution in [-0.2, 0) is 6.54 Å². The molecular weight excluding hydrogens is 396 g/mol. The fourth-order valence-electron chi connectivity index (χ4n) is 4.92. The van der Waals surface area contributed by atoms with Crippen LogP contribution >= 0.6 is 0 Å². The van der Waals surface area contributed by atoms with Crippen molar-refractivity contribution in [3.05, 3.63) is 41.7 Å². The zero-order valence-corrected chi connectivity index (χ0v) is 18.5. The van der Waals surface area contributed by atoms with Crippen molar-refractivity contribution in [2.75, 3.05) is 47.5 Å². The van der Waals surface area contributed by atoms with Crippen LogP contribution in [0.3, 0.4) is 0 Å². The summed E-state index contributed by atoms with van der Waals surface area (Å²) in [6.07, 6.45) is 6.37. The van der Waals surface area contributed by atoms with E-state index in [4.69, 9.17) is 14.2 Å². The Morgan fingerprint density at radius 1 is 1.03 bits per heavy atom. The Labute approximate surface area is 183 Å². The number of benzene rings is 1. The molecule has 0 N–H and O–H groups in total. The third kappa shape index (κ3) is 4.44. The molecule has 1 aromatic heterocycles. The number of para-hydroxylation sites is 1. The minimum absolute atomic E-state index is 0.00823. The van der Waals surface area contributed by atoms with Gasteiger partial charge in [0.2, 0.25) is 0 Å². The van der Waals surface area contributed by atoms with Gasteiger partial charge in [0, 0.05) is 49.6 Å². The number of amides is 1. The Morgan fingerprint density at radius 3 is 2.55 bits per heavy atom. The lowest BCUT2D eigenvalue weighted by Gasteiger charge is -2.40. The van der Waals surface area contributed by atoms with E-state index < -0.39 is 0 Å². The van der Waals surface area contributed by atoms with Crippen LogP contribution in [-0.4, -0.2) is 73.2 Å². The van der Waals surface area contributed by atoms with Gasteiger partial charge in [0.1, 0.15) is 0 Å². The highest BCUT2D eigenvalue weighted by Crippen LogP contribution is 2.40. The third-order valence-electron chi connectivity index (χ3n) is 6.40. The van der Waals surface area contributed by atoms with Gasteiger partial charge in [-0.3, -0.25) is 9.69 Å².